The number of benzene rings is 2. The highest BCUT2D eigenvalue weighted by molar-refractivity contribution is 6.08. The van der Waals surface area contributed by atoms with Gasteiger partial charge in [0.25, 0.3) is 5.91 Å². The molecule has 204 valence electrons. The van der Waals surface area contributed by atoms with Crippen molar-refractivity contribution < 1.29 is 9.90 Å². The Bertz CT molecular complexity index is 964. The van der Waals surface area contributed by atoms with E-state index in [9.17, 15) is 9.90 Å². The molecule has 1 fully saturated rings. The Kier molecular flexibility index (Phi) is 15.1. The largest absolute Gasteiger partial charge is 0.508 e. The van der Waals surface area contributed by atoms with Gasteiger partial charge in [-0.3, -0.25) is 9.69 Å². The van der Waals surface area contributed by atoms with Crippen LogP contribution in [-0.4, -0.2) is 54.7 Å². The van der Waals surface area contributed by atoms with Gasteiger partial charge in [-0.25, -0.2) is 0 Å². The van der Waals surface area contributed by atoms with E-state index in [4.69, 9.17) is 0 Å². The van der Waals surface area contributed by atoms with Crippen LogP contribution in [0, 0.1) is 0 Å². The van der Waals surface area contributed by atoms with Crippen LogP contribution < -0.4 is 9.80 Å². The fourth-order valence-electron chi connectivity index (χ4n) is 4.73. The number of rotatable bonds is 6. The molecule has 0 spiro atoms. The maximum absolute atomic E-state index is 12.9. The maximum atomic E-state index is 12.9. The molecule has 1 saturated heterocycles. The first-order valence-corrected chi connectivity index (χ1v) is 14.0. The summed E-state index contributed by atoms with van der Waals surface area (Å²) in [6.45, 7) is 24.1. The van der Waals surface area contributed by atoms with Crippen LogP contribution in [0.15, 0.2) is 61.4 Å². The number of hydrogen-bond acceptors (Lipinski definition) is 4. The lowest BCUT2D eigenvalue weighted by Crippen LogP contribution is -2.38. The Morgan fingerprint density at radius 2 is 1.59 bits per heavy atom. The molecule has 2 aliphatic rings. The minimum atomic E-state index is 0.0124. The minimum absolute atomic E-state index is 0.0124. The number of phenols is 1. The summed E-state index contributed by atoms with van der Waals surface area (Å²) < 4.78 is 0. The van der Waals surface area contributed by atoms with Crippen molar-refractivity contribution in [2.24, 2.45) is 0 Å². The molecule has 0 bridgehead atoms. The lowest BCUT2D eigenvalue weighted by Gasteiger charge is -2.29. The van der Waals surface area contributed by atoms with Gasteiger partial charge in [-0.2, -0.15) is 0 Å². The first-order valence-electron chi connectivity index (χ1n) is 14.0. The second-order valence-corrected chi connectivity index (χ2v) is 9.04. The van der Waals surface area contributed by atoms with Gasteiger partial charge in [-0.05, 0) is 80.4 Å². The van der Waals surface area contributed by atoms with Gasteiger partial charge in [0, 0.05) is 42.6 Å². The van der Waals surface area contributed by atoms with Gasteiger partial charge >= 0.3 is 0 Å². The van der Waals surface area contributed by atoms with E-state index in [1.165, 1.54) is 31.5 Å². The summed E-state index contributed by atoms with van der Waals surface area (Å²) >= 11 is 0. The predicted molar refractivity (Wildman–Crippen MR) is 160 cm³/mol. The van der Waals surface area contributed by atoms with E-state index in [0.29, 0.717) is 18.2 Å². The van der Waals surface area contributed by atoms with Gasteiger partial charge in [-0.1, -0.05) is 61.1 Å². The molecule has 1 N–H and O–H groups in total. The number of fused-ring (bicyclic) bond motifs is 1. The van der Waals surface area contributed by atoms with E-state index >= 15 is 0 Å². The van der Waals surface area contributed by atoms with Gasteiger partial charge < -0.3 is 14.9 Å². The quantitative estimate of drug-likeness (QED) is 0.417. The van der Waals surface area contributed by atoms with Crippen molar-refractivity contribution in [2.45, 2.75) is 73.3 Å². The van der Waals surface area contributed by atoms with Crippen LogP contribution >= 0.6 is 0 Å². The molecule has 4 rings (SSSR count). The van der Waals surface area contributed by atoms with E-state index < -0.39 is 0 Å². The maximum Gasteiger partial charge on any atom is 0.258 e. The van der Waals surface area contributed by atoms with Crippen LogP contribution in [0.25, 0.3) is 0 Å². The first-order chi connectivity index (χ1) is 17.9. The number of hydrogen-bond donors (Lipinski definition) is 1. The molecule has 1 unspecified atom stereocenters. The van der Waals surface area contributed by atoms with Gasteiger partial charge in [-0.15, -0.1) is 5.73 Å². The fraction of sp³-hybridized carbons (Fsp3) is 0.500. The Balaban J connectivity index is 0.000000767. The van der Waals surface area contributed by atoms with Crippen LogP contribution in [0.4, 0.5) is 11.4 Å². The van der Waals surface area contributed by atoms with E-state index in [-0.39, 0.29) is 11.7 Å². The topological polar surface area (TPSA) is 47.0 Å². The highest BCUT2D eigenvalue weighted by Gasteiger charge is 2.28. The molecule has 1 atom stereocenters. The summed E-state index contributed by atoms with van der Waals surface area (Å²) in [5.41, 5.74) is 6.04. The Labute approximate surface area is 226 Å². The lowest BCUT2D eigenvalue weighted by atomic mass is 9.98. The summed E-state index contributed by atoms with van der Waals surface area (Å²) in [5, 5.41) is 9.66. The van der Waals surface area contributed by atoms with Gasteiger partial charge in [0.15, 0.2) is 0 Å². The van der Waals surface area contributed by atoms with E-state index in [2.05, 4.69) is 80.6 Å². The smallest absolute Gasteiger partial charge is 0.258 e. The van der Waals surface area contributed by atoms with Gasteiger partial charge in [0.1, 0.15) is 5.75 Å². The van der Waals surface area contributed by atoms with Crippen molar-refractivity contribution in [1.29, 1.82) is 0 Å². The number of anilines is 2. The molecule has 2 heterocycles. The molecule has 37 heavy (non-hydrogen) atoms. The molecule has 0 radical (unpaired) electrons. The highest BCUT2D eigenvalue weighted by atomic mass is 16.3. The van der Waals surface area contributed by atoms with Gasteiger partial charge in [0.2, 0.25) is 0 Å². The third-order valence-electron chi connectivity index (χ3n) is 6.29. The molecule has 2 aromatic rings. The summed E-state index contributed by atoms with van der Waals surface area (Å²) in [5.74, 6) is 0.234. The van der Waals surface area contributed by atoms with E-state index in [0.717, 1.165) is 37.3 Å². The van der Waals surface area contributed by atoms with Crippen LogP contribution in [0.5, 0.6) is 5.75 Å². The summed E-state index contributed by atoms with van der Waals surface area (Å²) in [4.78, 5) is 19.8. The first kappa shape index (κ1) is 32.0. The second kappa shape index (κ2) is 17.4. The summed E-state index contributed by atoms with van der Waals surface area (Å²) in [6.07, 6.45) is 4.42. The van der Waals surface area contributed by atoms with Crippen molar-refractivity contribution in [3.8, 4) is 5.75 Å². The number of carbonyl (C=O) groups excluding carboxylic acids is 1. The summed E-state index contributed by atoms with van der Waals surface area (Å²) in [6, 6.07) is 14.1. The third kappa shape index (κ3) is 9.10. The molecule has 2 aliphatic heterocycles. The number of likely N-dealkylation sites (N-methyl/N-ethyl adjacent to an activating group) is 1. The van der Waals surface area contributed by atoms with Crippen LogP contribution in [0.2, 0.25) is 0 Å². The SMILES string of the molecule is C=C=C.CC.CCC.CCCN(CC)C1CCN(c2ccc(N3CCc4cc(O)ccc4C3=O)cc2)C1. The molecule has 0 aromatic heterocycles. The molecule has 2 aromatic carbocycles. The average Bonchev–Trinajstić information content (AvgIpc) is 3.40. The molecular weight excluding hydrogens is 458 g/mol. The van der Waals surface area contributed by atoms with Crippen LogP contribution in [-0.2, 0) is 6.42 Å². The number of aromatic hydroxyl groups is 1. The molecule has 5 heteroatoms. The van der Waals surface area contributed by atoms with Crippen LogP contribution in [0.3, 0.4) is 0 Å². The standard InChI is InChI=1S/C24H31N3O2.C3H8.C3H4.C2H6/c1-3-13-25(4-2)21-12-14-26(17-21)19-5-7-20(8-6-19)27-15-11-18-16-22(28)9-10-23(18)24(27)29;2*1-3-2;1-2/h5-10,16,21,28H,3-4,11-15,17H2,1-2H3;3H2,1-2H3;1-2H2;1-2H3. The number of carbonyl (C=O) groups is 1. The van der Waals surface area contributed by atoms with Crippen molar-refractivity contribution >= 4 is 17.3 Å². The van der Waals surface area contributed by atoms with Crippen LogP contribution in [0.1, 0.15) is 76.7 Å². The van der Waals surface area contributed by atoms with E-state index in [1.54, 1.807) is 18.2 Å². The van der Waals surface area contributed by atoms with Crippen molar-refractivity contribution in [1.82, 2.24) is 4.90 Å². The third-order valence-corrected chi connectivity index (χ3v) is 6.29. The monoisotopic (exact) mass is 507 g/mol. The zero-order chi connectivity index (χ0) is 27.8. The lowest BCUT2D eigenvalue weighted by molar-refractivity contribution is 0.0980. The van der Waals surface area contributed by atoms with Crippen molar-refractivity contribution in [3.05, 3.63) is 72.5 Å². The fourth-order valence-corrected chi connectivity index (χ4v) is 4.73. The number of nitrogens with zero attached hydrogens (tertiary/aromatic N) is 3. The van der Waals surface area contributed by atoms with E-state index in [1.807, 2.05) is 18.7 Å². The molecular formula is C32H49N3O2. The molecule has 0 aliphatic carbocycles. The zero-order valence-electron chi connectivity index (χ0n) is 24.1. The molecule has 5 nitrogen and oxygen atoms in total. The molecule has 0 saturated carbocycles. The normalized spacial score (nSPS) is 15.9. The average molecular weight is 508 g/mol. The zero-order valence-corrected chi connectivity index (χ0v) is 24.1. The second-order valence-electron chi connectivity index (χ2n) is 9.04. The van der Waals surface area contributed by atoms with Crippen molar-refractivity contribution in [2.75, 3.05) is 42.5 Å². The molecule has 1 amide bonds. The number of phenolic OH excluding ortho intramolecular Hbond substituents is 1. The summed E-state index contributed by atoms with van der Waals surface area (Å²) in [7, 11) is 0. The Morgan fingerprint density at radius 1 is 1.00 bits per heavy atom. The Hall–Kier alpha value is -3.01. The number of amides is 1. The van der Waals surface area contributed by atoms with Crippen molar-refractivity contribution in [3.63, 3.8) is 0 Å². The predicted octanol–water partition coefficient (Wildman–Crippen LogP) is 7.31. The van der Waals surface area contributed by atoms with Gasteiger partial charge in [0.05, 0.1) is 0 Å². The minimum Gasteiger partial charge on any atom is -0.508 e. The highest BCUT2D eigenvalue weighted by Crippen LogP contribution is 2.30. The Morgan fingerprint density at radius 3 is 2.16 bits per heavy atom.